The number of hydrogen-bond donors (Lipinski definition) is 1. The highest BCUT2D eigenvalue weighted by atomic mass is 19.1. The van der Waals surface area contributed by atoms with Crippen molar-refractivity contribution in [3.63, 3.8) is 0 Å². The second kappa shape index (κ2) is 4.30. The van der Waals surface area contributed by atoms with E-state index in [4.69, 9.17) is 9.31 Å². The van der Waals surface area contributed by atoms with Gasteiger partial charge in [0, 0.05) is 11.7 Å². The zero-order valence-electron chi connectivity index (χ0n) is 12.2. The molecule has 0 unspecified atom stereocenters. The third-order valence-corrected chi connectivity index (χ3v) is 4.30. The van der Waals surface area contributed by atoms with Gasteiger partial charge in [-0.25, -0.2) is 4.39 Å². The Kier molecular flexibility index (Phi) is 2.92. The Morgan fingerprint density at radius 1 is 1.20 bits per heavy atom. The molecule has 0 atom stereocenters. The van der Waals surface area contributed by atoms with Crippen molar-refractivity contribution >= 4 is 18.0 Å². The van der Waals surface area contributed by atoms with Gasteiger partial charge in [-0.2, -0.15) is 5.10 Å². The molecular formula is C14H18BFN2O2. The number of halogens is 1. The predicted octanol–water partition coefficient (Wildman–Crippen LogP) is 2.88. The Labute approximate surface area is 117 Å². The molecule has 0 spiro atoms. The lowest BCUT2D eigenvalue weighted by molar-refractivity contribution is 0.00578. The molecule has 20 heavy (non-hydrogen) atoms. The normalized spacial score (nSPS) is 20.8. The van der Waals surface area contributed by atoms with E-state index in [0.29, 0.717) is 11.8 Å². The smallest absolute Gasteiger partial charge is 0.403 e. The molecule has 1 fully saturated rings. The fourth-order valence-corrected chi connectivity index (χ4v) is 2.48. The van der Waals surface area contributed by atoms with Crippen LogP contribution in [0.3, 0.4) is 0 Å². The summed E-state index contributed by atoms with van der Waals surface area (Å²) in [7, 11) is -0.375. The summed E-state index contributed by atoms with van der Waals surface area (Å²) in [6, 6.07) is 2.96. The van der Waals surface area contributed by atoms with Gasteiger partial charge >= 0.3 is 7.12 Å². The molecule has 1 saturated heterocycles. The minimum atomic E-state index is -0.375. The number of fused-ring (bicyclic) bond motifs is 1. The first-order chi connectivity index (χ1) is 9.28. The highest BCUT2D eigenvalue weighted by Gasteiger charge is 2.50. The summed E-state index contributed by atoms with van der Waals surface area (Å²) < 4.78 is 25.5. The molecule has 6 heteroatoms. The molecule has 0 aliphatic carbocycles. The van der Waals surface area contributed by atoms with E-state index < -0.39 is 0 Å². The Morgan fingerprint density at radius 3 is 2.50 bits per heavy atom. The molecule has 2 aromatic rings. The monoisotopic (exact) mass is 276 g/mol. The summed E-state index contributed by atoms with van der Waals surface area (Å²) in [5.74, 6) is -0.284. The van der Waals surface area contributed by atoms with Gasteiger partial charge in [0.25, 0.3) is 0 Å². The number of hydrogen-bond acceptors (Lipinski definition) is 3. The molecule has 0 saturated carbocycles. The van der Waals surface area contributed by atoms with Crippen molar-refractivity contribution in [1.29, 1.82) is 0 Å². The van der Waals surface area contributed by atoms with E-state index in [-0.39, 0.29) is 24.1 Å². The van der Waals surface area contributed by atoms with Crippen LogP contribution in [0.4, 0.5) is 4.39 Å². The molecule has 1 N–H and O–H groups in total. The van der Waals surface area contributed by atoms with Gasteiger partial charge in [0.05, 0.1) is 22.9 Å². The van der Waals surface area contributed by atoms with E-state index in [0.717, 1.165) is 10.9 Å². The lowest BCUT2D eigenvalue weighted by Gasteiger charge is -2.32. The van der Waals surface area contributed by atoms with Crippen molar-refractivity contribution in [1.82, 2.24) is 10.2 Å². The highest BCUT2D eigenvalue weighted by Crippen LogP contribution is 2.37. The van der Waals surface area contributed by atoms with Gasteiger partial charge in [0.15, 0.2) is 0 Å². The minimum absolute atomic E-state index is 0.284. The van der Waals surface area contributed by atoms with Gasteiger partial charge < -0.3 is 9.31 Å². The number of aromatic nitrogens is 2. The summed E-state index contributed by atoms with van der Waals surface area (Å²) in [6.07, 6.45) is 2.20. The topological polar surface area (TPSA) is 47.1 Å². The van der Waals surface area contributed by atoms with E-state index in [2.05, 4.69) is 10.2 Å². The molecular weight excluding hydrogens is 258 g/mol. The number of rotatable bonds is 2. The van der Waals surface area contributed by atoms with Gasteiger partial charge in [0.1, 0.15) is 5.82 Å². The highest BCUT2D eigenvalue weighted by molar-refractivity contribution is 6.45. The Bertz CT molecular complexity index is 638. The standard InChI is InChI=1S/C14H18BFN2O2/c1-13(2)14(3,4)20-15(19-13)7-9-5-10(16)6-12-11(9)8-17-18-12/h5-6,8H,7H2,1-4H3,(H,17,18). The molecule has 1 aromatic carbocycles. The third kappa shape index (κ3) is 2.13. The van der Waals surface area contributed by atoms with Crippen molar-refractivity contribution in [3.05, 3.63) is 29.7 Å². The molecule has 1 aromatic heterocycles. The SMILES string of the molecule is CC1(C)OB(Cc2cc(F)cc3[nH]ncc23)OC1(C)C. The maximum Gasteiger partial charge on any atom is 0.462 e. The Balaban J connectivity index is 1.90. The molecule has 2 heterocycles. The lowest BCUT2D eigenvalue weighted by atomic mass is 9.80. The van der Waals surface area contributed by atoms with Crippen molar-refractivity contribution < 1.29 is 13.7 Å². The molecule has 106 valence electrons. The molecule has 4 nitrogen and oxygen atoms in total. The van der Waals surface area contributed by atoms with Gasteiger partial charge in [-0.05, 0) is 45.4 Å². The first-order valence-corrected chi connectivity index (χ1v) is 6.76. The second-order valence-corrected chi connectivity index (χ2v) is 6.29. The zero-order chi connectivity index (χ0) is 14.5. The third-order valence-electron chi connectivity index (χ3n) is 4.30. The minimum Gasteiger partial charge on any atom is -0.403 e. The first-order valence-electron chi connectivity index (χ1n) is 6.76. The summed E-state index contributed by atoms with van der Waals surface area (Å²) in [5, 5.41) is 7.65. The molecule has 1 aliphatic rings. The Hall–Kier alpha value is -1.40. The van der Waals surface area contributed by atoms with Gasteiger partial charge in [0.2, 0.25) is 0 Å². The average molecular weight is 276 g/mol. The van der Waals surface area contributed by atoms with Crippen molar-refractivity contribution in [2.45, 2.75) is 45.2 Å². The number of nitrogens with zero attached hydrogens (tertiary/aromatic N) is 1. The van der Waals surface area contributed by atoms with Gasteiger partial charge in [-0.3, -0.25) is 5.10 Å². The Morgan fingerprint density at radius 2 is 1.85 bits per heavy atom. The lowest BCUT2D eigenvalue weighted by Crippen LogP contribution is -2.41. The fraction of sp³-hybridized carbons (Fsp3) is 0.500. The molecule has 0 amide bonds. The summed E-state index contributed by atoms with van der Waals surface area (Å²) in [4.78, 5) is 0. The first kappa shape index (κ1) is 13.6. The van der Waals surface area contributed by atoms with Crippen LogP contribution in [0.1, 0.15) is 33.3 Å². The van der Waals surface area contributed by atoms with Crippen molar-refractivity contribution in [2.75, 3.05) is 0 Å². The van der Waals surface area contributed by atoms with Crippen LogP contribution in [-0.4, -0.2) is 28.5 Å². The number of nitrogens with one attached hydrogen (secondary N) is 1. The maximum absolute atomic E-state index is 13.6. The van der Waals surface area contributed by atoms with Crippen LogP contribution in [-0.2, 0) is 15.6 Å². The van der Waals surface area contributed by atoms with Gasteiger partial charge in [-0.15, -0.1) is 0 Å². The van der Waals surface area contributed by atoms with E-state index in [1.807, 2.05) is 27.7 Å². The van der Waals surface area contributed by atoms with E-state index >= 15 is 0 Å². The average Bonchev–Trinajstić information content (AvgIpc) is 2.81. The molecule has 3 rings (SSSR count). The van der Waals surface area contributed by atoms with Crippen LogP contribution >= 0.6 is 0 Å². The van der Waals surface area contributed by atoms with Crippen LogP contribution in [0.2, 0.25) is 0 Å². The van der Waals surface area contributed by atoms with Crippen LogP contribution in [0.5, 0.6) is 0 Å². The van der Waals surface area contributed by atoms with Crippen molar-refractivity contribution in [2.24, 2.45) is 0 Å². The maximum atomic E-state index is 13.6. The van der Waals surface area contributed by atoms with Crippen LogP contribution < -0.4 is 0 Å². The predicted molar refractivity (Wildman–Crippen MR) is 75.8 cm³/mol. The molecule has 0 bridgehead atoms. The summed E-state index contributed by atoms with van der Waals surface area (Å²) in [5.41, 5.74) is 0.782. The number of H-pyrrole nitrogens is 1. The van der Waals surface area contributed by atoms with Crippen LogP contribution in [0.25, 0.3) is 10.9 Å². The largest absolute Gasteiger partial charge is 0.462 e. The summed E-state index contributed by atoms with van der Waals surface area (Å²) >= 11 is 0. The fourth-order valence-electron chi connectivity index (χ4n) is 2.48. The quantitative estimate of drug-likeness (QED) is 0.858. The van der Waals surface area contributed by atoms with E-state index in [9.17, 15) is 4.39 Å². The van der Waals surface area contributed by atoms with Crippen LogP contribution in [0, 0.1) is 5.82 Å². The van der Waals surface area contributed by atoms with Gasteiger partial charge in [-0.1, -0.05) is 0 Å². The van der Waals surface area contributed by atoms with Crippen LogP contribution in [0.15, 0.2) is 18.3 Å². The summed E-state index contributed by atoms with van der Waals surface area (Å²) in [6.45, 7) is 8.02. The number of aromatic amines is 1. The molecule has 0 radical (unpaired) electrons. The van der Waals surface area contributed by atoms with E-state index in [1.54, 1.807) is 6.20 Å². The van der Waals surface area contributed by atoms with E-state index in [1.165, 1.54) is 12.1 Å². The number of benzene rings is 1. The zero-order valence-corrected chi connectivity index (χ0v) is 12.2. The second-order valence-electron chi connectivity index (χ2n) is 6.29. The van der Waals surface area contributed by atoms with Crippen molar-refractivity contribution in [3.8, 4) is 0 Å². The molecule has 1 aliphatic heterocycles.